The molecule has 0 aromatic heterocycles. The molecule has 1 unspecified atom stereocenters. The molecule has 0 aliphatic carbocycles. The first kappa shape index (κ1) is 23.2. The SMILES string of the molecule is COc1cc(C)c(/C(O)=C2\C(=O)C(=O)N(c3cccc(F)c3)C2c2ccccc2)cc1C(C)C. The Bertz CT molecular complexity index is 1300. The lowest BCUT2D eigenvalue weighted by Crippen LogP contribution is -2.29. The van der Waals surface area contributed by atoms with Crippen molar-refractivity contribution in [3.8, 4) is 5.75 Å². The van der Waals surface area contributed by atoms with Gasteiger partial charge in [0.15, 0.2) is 0 Å². The molecule has 1 amide bonds. The average Bonchev–Trinajstić information content (AvgIpc) is 3.09. The van der Waals surface area contributed by atoms with Gasteiger partial charge in [-0.15, -0.1) is 0 Å². The molecule has 3 aromatic carbocycles. The number of rotatable bonds is 5. The third-order valence-corrected chi connectivity index (χ3v) is 6.10. The second-order valence-corrected chi connectivity index (χ2v) is 8.62. The number of carbonyl (C=O) groups is 2. The molecule has 1 aliphatic heterocycles. The van der Waals surface area contributed by atoms with Crippen molar-refractivity contribution in [1.82, 2.24) is 0 Å². The van der Waals surface area contributed by atoms with Gasteiger partial charge in [0, 0.05) is 11.3 Å². The van der Waals surface area contributed by atoms with Crippen LogP contribution in [0.4, 0.5) is 10.1 Å². The number of Topliss-reactive ketones (excluding diaryl/α,β-unsaturated/α-hetero) is 1. The highest BCUT2D eigenvalue weighted by Crippen LogP contribution is 2.43. The summed E-state index contributed by atoms with van der Waals surface area (Å²) in [5, 5.41) is 11.5. The van der Waals surface area contributed by atoms with Crippen LogP contribution in [-0.4, -0.2) is 23.9 Å². The Labute approximate surface area is 198 Å². The molecule has 6 heteroatoms. The molecule has 1 N–H and O–H groups in total. The number of hydrogen-bond acceptors (Lipinski definition) is 4. The Morgan fingerprint density at radius 3 is 2.35 bits per heavy atom. The predicted octanol–water partition coefficient (Wildman–Crippen LogP) is 5.89. The van der Waals surface area contributed by atoms with Crippen LogP contribution in [0.25, 0.3) is 5.76 Å². The Balaban J connectivity index is 1.98. The second kappa shape index (κ2) is 9.14. The number of benzene rings is 3. The quantitative estimate of drug-likeness (QED) is 0.293. The summed E-state index contributed by atoms with van der Waals surface area (Å²) in [6.45, 7) is 5.82. The molecule has 1 heterocycles. The van der Waals surface area contributed by atoms with Crippen molar-refractivity contribution in [3.05, 3.63) is 100 Å². The molecule has 1 aliphatic rings. The minimum Gasteiger partial charge on any atom is -0.507 e. The number of ketones is 1. The summed E-state index contributed by atoms with van der Waals surface area (Å²) in [7, 11) is 1.58. The van der Waals surface area contributed by atoms with E-state index in [-0.39, 0.29) is 22.9 Å². The van der Waals surface area contributed by atoms with Crippen molar-refractivity contribution < 1.29 is 23.8 Å². The van der Waals surface area contributed by atoms with Gasteiger partial charge in [0.05, 0.1) is 18.7 Å². The highest BCUT2D eigenvalue weighted by molar-refractivity contribution is 6.51. The summed E-state index contributed by atoms with van der Waals surface area (Å²) in [4.78, 5) is 27.7. The largest absolute Gasteiger partial charge is 0.507 e. The average molecular weight is 460 g/mol. The van der Waals surface area contributed by atoms with Crippen molar-refractivity contribution in [2.24, 2.45) is 0 Å². The molecule has 1 saturated heterocycles. The topological polar surface area (TPSA) is 66.8 Å². The van der Waals surface area contributed by atoms with E-state index in [0.29, 0.717) is 22.4 Å². The molecule has 1 atom stereocenters. The van der Waals surface area contributed by atoms with Gasteiger partial charge < -0.3 is 9.84 Å². The lowest BCUT2D eigenvalue weighted by molar-refractivity contribution is -0.132. The van der Waals surface area contributed by atoms with Crippen LogP contribution in [0.15, 0.2) is 72.3 Å². The maximum absolute atomic E-state index is 14.0. The fourth-order valence-electron chi connectivity index (χ4n) is 4.40. The van der Waals surface area contributed by atoms with Crippen LogP contribution in [0.2, 0.25) is 0 Å². The van der Waals surface area contributed by atoms with Gasteiger partial charge >= 0.3 is 0 Å². The minimum atomic E-state index is -0.910. The molecular formula is C28H26FNO4. The van der Waals surface area contributed by atoms with Crippen LogP contribution in [-0.2, 0) is 9.59 Å². The zero-order valence-electron chi connectivity index (χ0n) is 19.5. The molecule has 0 saturated carbocycles. The number of aliphatic hydroxyl groups is 1. The van der Waals surface area contributed by atoms with Gasteiger partial charge in [-0.05, 0) is 59.9 Å². The van der Waals surface area contributed by atoms with Gasteiger partial charge in [0.25, 0.3) is 11.7 Å². The highest BCUT2D eigenvalue weighted by Gasteiger charge is 2.47. The number of aryl methyl sites for hydroxylation is 1. The summed E-state index contributed by atoms with van der Waals surface area (Å²) in [5.74, 6) is -1.66. The summed E-state index contributed by atoms with van der Waals surface area (Å²) < 4.78 is 19.5. The predicted molar refractivity (Wildman–Crippen MR) is 129 cm³/mol. The van der Waals surface area contributed by atoms with E-state index >= 15 is 0 Å². The molecule has 174 valence electrons. The van der Waals surface area contributed by atoms with Crippen LogP contribution >= 0.6 is 0 Å². The highest BCUT2D eigenvalue weighted by atomic mass is 19.1. The normalized spacial score (nSPS) is 17.5. The van der Waals surface area contributed by atoms with Gasteiger partial charge in [-0.1, -0.05) is 50.2 Å². The maximum atomic E-state index is 14.0. The molecule has 4 rings (SSSR count). The molecule has 3 aromatic rings. The number of halogens is 1. The fourth-order valence-corrected chi connectivity index (χ4v) is 4.40. The molecule has 1 fully saturated rings. The number of aliphatic hydroxyl groups excluding tert-OH is 1. The van der Waals surface area contributed by atoms with E-state index < -0.39 is 23.5 Å². The van der Waals surface area contributed by atoms with E-state index in [1.54, 1.807) is 43.5 Å². The Kier molecular flexibility index (Phi) is 6.24. The monoisotopic (exact) mass is 459 g/mol. The van der Waals surface area contributed by atoms with Crippen molar-refractivity contribution in [2.75, 3.05) is 12.0 Å². The van der Waals surface area contributed by atoms with E-state index in [1.807, 2.05) is 32.9 Å². The van der Waals surface area contributed by atoms with Gasteiger partial charge in [-0.3, -0.25) is 14.5 Å². The first-order chi connectivity index (χ1) is 16.2. The van der Waals surface area contributed by atoms with Gasteiger partial charge in [-0.2, -0.15) is 0 Å². The molecule has 5 nitrogen and oxygen atoms in total. The van der Waals surface area contributed by atoms with Crippen LogP contribution in [0.1, 0.15) is 48.1 Å². The van der Waals surface area contributed by atoms with Crippen molar-refractivity contribution in [2.45, 2.75) is 32.7 Å². The summed E-state index contributed by atoms with van der Waals surface area (Å²) in [6.07, 6.45) is 0. The number of carbonyl (C=O) groups excluding carboxylic acids is 2. The van der Waals surface area contributed by atoms with Gasteiger partial charge in [0.2, 0.25) is 0 Å². The second-order valence-electron chi connectivity index (χ2n) is 8.62. The Morgan fingerprint density at radius 2 is 1.74 bits per heavy atom. The third kappa shape index (κ3) is 3.96. The van der Waals surface area contributed by atoms with Crippen molar-refractivity contribution in [1.29, 1.82) is 0 Å². The van der Waals surface area contributed by atoms with Crippen LogP contribution in [0.3, 0.4) is 0 Å². The molecule has 34 heavy (non-hydrogen) atoms. The van der Waals surface area contributed by atoms with E-state index in [9.17, 15) is 19.1 Å². The van der Waals surface area contributed by atoms with E-state index in [2.05, 4.69) is 0 Å². The number of anilines is 1. The van der Waals surface area contributed by atoms with Crippen LogP contribution in [0, 0.1) is 12.7 Å². The Hall–Kier alpha value is -3.93. The van der Waals surface area contributed by atoms with E-state index in [0.717, 1.165) is 5.56 Å². The van der Waals surface area contributed by atoms with E-state index in [4.69, 9.17) is 4.74 Å². The van der Waals surface area contributed by atoms with Crippen LogP contribution < -0.4 is 9.64 Å². The van der Waals surface area contributed by atoms with E-state index in [1.165, 1.54) is 23.1 Å². The van der Waals surface area contributed by atoms with Crippen LogP contribution in [0.5, 0.6) is 5.75 Å². The first-order valence-corrected chi connectivity index (χ1v) is 11.0. The molecule has 0 radical (unpaired) electrons. The van der Waals surface area contributed by atoms with Crippen molar-refractivity contribution >= 4 is 23.1 Å². The molecular weight excluding hydrogens is 433 g/mol. The fraction of sp³-hybridized carbons (Fsp3) is 0.214. The minimum absolute atomic E-state index is 0.0385. The Morgan fingerprint density at radius 1 is 1.03 bits per heavy atom. The molecule has 0 bridgehead atoms. The standard InChI is InChI=1S/C28H26FNO4/c1-16(2)21-15-22(17(3)13-23(21)34-4)26(31)24-25(18-9-6-5-7-10-18)30(28(33)27(24)32)20-12-8-11-19(29)14-20/h5-16,25,31H,1-4H3/b26-24+. The molecule has 0 spiro atoms. The van der Waals surface area contributed by atoms with Crippen molar-refractivity contribution in [3.63, 3.8) is 0 Å². The smallest absolute Gasteiger partial charge is 0.300 e. The number of hydrogen-bond donors (Lipinski definition) is 1. The van der Waals surface area contributed by atoms with Gasteiger partial charge in [0.1, 0.15) is 17.3 Å². The lowest BCUT2D eigenvalue weighted by atomic mass is 9.91. The third-order valence-electron chi connectivity index (χ3n) is 6.10. The zero-order valence-corrected chi connectivity index (χ0v) is 19.5. The number of amides is 1. The zero-order chi connectivity index (χ0) is 24.6. The number of nitrogens with zero attached hydrogens (tertiary/aromatic N) is 1. The summed E-state index contributed by atoms with van der Waals surface area (Å²) in [5.41, 5.74) is 2.84. The first-order valence-electron chi connectivity index (χ1n) is 11.0. The maximum Gasteiger partial charge on any atom is 0.300 e. The lowest BCUT2D eigenvalue weighted by Gasteiger charge is -2.25. The number of methoxy groups -OCH3 is 1. The number of ether oxygens (including phenoxy) is 1. The van der Waals surface area contributed by atoms with Gasteiger partial charge in [-0.25, -0.2) is 4.39 Å². The summed E-state index contributed by atoms with van der Waals surface area (Å²) >= 11 is 0. The summed E-state index contributed by atoms with van der Waals surface area (Å²) in [6, 6.07) is 17.2.